The molecule has 130 valence electrons. The molecule has 0 aliphatic rings. The van der Waals surface area contributed by atoms with Crippen LogP contribution in [-0.2, 0) is 6.42 Å². The number of aryl methyl sites for hydroxylation is 1. The molecule has 0 aliphatic carbocycles. The molecule has 0 spiro atoms. The summed E-state index contributed by atoms with van der Waals surface area (Å²) >= 11 is 0. The average molecular weight is 447 g/mol. The van der Waals surface area contributed by atoms with Crippen molar-refractivity contribution in [2.75, 3.05) is 7.11 Å². The minimum absolute atomic E-state index is 0. The highest BCUT2D eigenvalue weighted by molar-refractivity contribution is 6.07. The molecule has 25 heavy (non-hydrogen) atoms. The molecule has 2 aromatic carbocycles. The number of fused-ring (bicyclic) bond motifs is 1. The van der Waals surface area contributed by atoms with Crippen molar-refractivity contribution in [2.24, 2.45) is 0 Å². The highest BCUT2D eigenvalue weighted by Crippen LogP contribution is 2.25. The van der Waals surface area contributed by atoms with E-state index in [2.05, 4.69) is 24.5 Å². The van der Waals surface area contributed by atoms with E-state index in [1.54, 1.807) is 14.0 Å². The van der Waals surface area contributed by atoms with Crippen LogP contribution in [0.15, 0.2) is 48.5 Å². The van der Waals surface area contributed by atoms with E-state index in [9.17, 15) is 4.79 Å². The van der Waals surface area contributed by atoms with Crippen LogP contribution in [0.3, 0.4) is 0 Å². The number of ether oxygens (including phenoxy) is 1. The van der Waals surface area contributed by atoms with Crippen molar-refractivity contribution in [1.29, 1.82) is 0 Å². The summed E-state index contributed by atoms with van der Waals surface area (Å²) in [6, 6.07) is 16.1. The predicted octanol–water partition coefficient (Wildman–Crippen LogP) is 1.20. The Bertz CT molecular complexity index is 917. The number of hydrogen-bond acceptors (Lipinski definition) is 2. The Kier molecular flexibility index (Phi) is 6.16. The van der Waals surface area contributed by atoms with Crippen molar-refractivity contribution in [1.82, 2.24) is 0 Å². The van der Waals surface area contributed by atoms with Gasteiger partial charge in [-0.1, -0.05) is 25.1 Å². The van der Waals surface area contributed by atoms with Crippen LogP contribution in [0.25, 0.3) is 16.5 Å². The summed E-state index contributed by atoms with van der Waals surface area (Å²) in [4.78, 5) is 12.4. The van der Waals surface area contributed by atoms with Gasteiger partial charge in [-0.3, -0.25) is 4.79 Å². The zero-order chi connectivity index (χ0) is 17.3. The molecular formula is C21H22INO2. The number of benzene rings is 2. The molecule has 0 atom stereocenters. The Balaban J connectivity index is 0.00000225. The molecule has 3 nitrogen and oxygen atoms in total. The lowest BCUT2D eigenvalue weighted by atomic mass is 9.97. The summed E-state index contributed by atoms with van der Waals surface area (Å²) < 4.78 is 7.45. The smallest absolute Gasteiger partial charge is 0.211 e. The number of pyridine rings is 1. The van der Waals surface area contributed by atoms with Gasteiger partial charge in [-0.05, 0) is 25.1 Å². The van der Waals surface area contributed by atoms with E-state index in [1.807, 2.05) is 42.5 Å². The predicted molar refractivity (Wildman–Crippen MR) is 96.2 cm³/mol. The van der Waals surface area contributed by atoms with E-state index in [0.717, 1.165) is 45.6 Å². The summed E-state index contributed by atoms with van der Waals surface area (Å²) in [7, 11) is 1.66. The van der Waals surface area contributed by atoms with Crippen LogP contribution < -0.4 is 33.3 Å². The van der Waals surface area contributed by atoms with Crippen LogP contribution in [0.4, 0.5) is 0 Å². The van der Waals surface area contributed by atoms with Crippen molar-refractivity contribution in [2.45, 2.75) is 27.2 Å². The summed E-state index contributed by atoms with van der Waals surface area (Å²) in [6.45, 7) is 5.85. The third-order valence-corrected chi connectivity index (χ3v) is 4.50. The molecule has 0 saturated heterocycles. The maximum Gasteiger partial charge on any atom is 0.211 e. The second-order valence-electron chi connectivity index (χ2n) is 5.90. The summed E-state index contributed by atoms with van der Waals surface area (Å²) in [5, 5.41) is 2.14. The Hall–Kier alpha value is -1.95. The van der Waals surface area contributed by atoms with Crippen molar-refractivity contribution < 1.29 is 38.1 Å². The molecule has 0 aliphatic heterocycles. The van der Waals surface area contributed by atoms with Crippen molar-refractivity contribution >= 4 is 16.6 Å². The van der Waals surface area contributed by atoms with E-state index in [1.165, 1.54) is 0 Å². The monoisotopic (exact) mass is 447 g/mol. The van der Waals surface area contributed by atoms with Gasteiger partial charge in [0.25, 0.3) is 0 Å². The fourth-order valence-corrected chi connectivity index (χ4v) is 3.42. The van der Waals surface area contributed by atoms with Gasteiger partial charge in [0.1, 0.15) is 5.75 Å². The van der Waals surface area contributed by atoms with Crippen molar-refractivity contribution in [3.8, 4) is 11.4 Å². The van der Waals surface area contributed by atoms with E-state index >= 15 is 0 Å². The largest absolute Gasteiger partial charge is 1.00 e. The second kappa shape index (κ2) is 7.95. The fourth-order valence-electron chi connectivity index (χ4n) is 3.42. The third kappa shape index (κ3) is 3.40. The third-order valence-electron chi connectivity index (χ3n) is 4.50. The van der Waals surface area contributed by atoms with E-state index in [0.29, 0.717) is 0 Å². The number of Topliss-reactive ketones (excluding diaryl/α,β-unsaturated/α-hetero) is 1. The number of ketones is 1. The number of hydrogen-bond donors (Lipinski definition) is 0. The molecular weight excluding hydrogens is 425 g/mol. The van der Waals surface area contributed by atoms with Crippen LogP contribution in [0.2, 0.25) is 0 Å². The lowest BCUT2D eigenvalue weighted by Gasteiger charge is -2.13. The Morgan fingerprint density at radius 2 is 1.64 bits per heavy atom. The van der Waals surface area contributed by atoms with Crippen molar-refractivity contribution in [3.05, 3.63) is 65.5 Å². The number of halogens is 1. The van der Waals surface area contributed by atoms with Crippen molar-refractivity contribution in [3.63, 3.8) is 0 Å². The van der Waals surface area contributed by atoms with Gasteiger partial charge in [0.2, 0.25) is 5.69 Å². The molecule has 1 aromatic heterocycles. The topological polar surface area (TPSA) is 30.2 Å². The van der Waals surface area contributed by atoms with E-state index in [4.69, 9.17) is 4.74 Å². The molecule has 3 aromatic rings. The molecule has 0 unspecified atom stereocenters. The molecule has 0 amide bonds. The first-order valence-corrected chi connectivity index (χ1v) is 8.20. The van der Waals surface area contributed by atoms with Gasteiger partial charge in [0.05, 0.1) is 12.7 Å². The number of rotatable bonds is 4. The molecule has 0 saturated carbocycles. The van der Waals surface area contributed by atoms with Gasteiger partial charge >= 0.3 is 0 Å². The van der Waals surface area contributed by atoms with Gasteiger partial charge in [-0.2, -0.15) is 4.57 Å². The highest BCUT2D eigenvalue weighted by atomic mass is 127. The van der Waals surface area contributed by atoms with Crippen LogP contribution in [0, 0.1) is 6.92 Å². The normalized spacial score (nSPS) is 10.4. The zero-order valence-corrected chi connectivity index (χ0v) is 17.1. The Morgan fingerprint density at radius 3 is 2.16 bits per heavy atom. The molecule has 0 bridgehead atoms. The lowest BCUT2D eigenvalue weighted by Crippen LogP contribution is -3.00. The highest BCUT2D eigenvalue weighted by Gasteiger charge is 2.26. The van der Waals surface area contributed by atoms with Crippen LogP contribution in [-0.4, -0.2) is 12.9 Å². The van der Waals surface area contributed by atoms with Gasteiger partial charge in [0.15, 0.2) is 17.2 Å². The van der Waals surface area contributed by atoms with Crippen LogP contribution in [0.1, 0.15) is 35.6 Å². The second-order valence-corrected chi connectivity index (χ2v) is 5.90. The number of carbonyl (C=O) groups excluding carboxylic acids is 1. The van der Waals surface area contributed by atoms with Gasteiger partial charge in [-0.25, -0.2) is 0 Å². The molecule has 1 heterocycles. The zero-order valence-electron chi connectivity index (χ0n) is 15.0. The fraction of sp³-hybridized carbons (Fsp3) is 0.238. The van der Waals surface area contributed by atoms with Crippen LogP contribution >= 0.6 is 0 Å². The molecule has 4 heteroatoms. The lowest BCUT2D eigenvalue weighted by molar-refractivity contribution is -0.609. The molecule has 0 radical (unpaired) electrons. The first-order valence-electron chi connectivity index (χ1n) is 8.20. The summed E-state index contributed by atoms with van der Waals surface area (Å²) in [6.07, 6.45) is 0.784. The Labute approximate surface area is 165 Å². The van der Waals surface area contributed by atoms with Crippen LogP contribution in [0.5, 0.6) is 5.75 Å². The first kappa shape index (κ1) is 19.4. The van der Waals surface area contributed by atoms with Gasteiger partial charge < -0.3 is 28.7 Å². The number of carbonyl (C=O) groups is 1. The molecule has 3 rings (SSSR count). The Morgan fingerprint density at radius 1 is 1.04 bits per heavy atom. The minimum Gasteiger partial charge on any atom is -1.00 e. The maximum atomic E-state index is 12.4. The van der Waals surface area contributed by atoms with Gasteiger partial charge in [0, 0.05) is 36.2 Å². The number of nitrogens with zero attached hydrogens (tertiary/aromatic N) is 1. The van der Waals surface area contributed by atoms with E-state index < -0.39 is 0 Å². The summed E-state index contributed by atoms with van der Waals surface area (Å²) in [5.41, 5.74) is 4.04. The first-order chi connectivity index (χ1) is 11.6. The summed E-state index contributed by atoms with van der Waals surface area (Å²) in [5.74, 6) is 0.924. The molecule has 0 N–H and O–H groups in total. The maximum absolute atomic E-state index is 12.4. The van der Waals surface area contributed by atoms with Gasteiger partial charge in [-0.15, -0.1) is 0 Å². The quantitative estimate of drug-likeness (QED) is 0.342. The molecule has 0 fully saturated rings. The SMILES string of the molecule is CCc1c(C(C)=O)c2ccccc2c(C)[n+]1-c1ccc(OC)cc1.[I-]. The average Bonchev–Trinajstić information content (AvgIpc) is 2.61. The number of aromatic nitrogens is 1. The van der Waals surface area contributed by atoms with E-state index in [-0.39, 0.29) is 29.8 Å². The standard InChI is InChI=1S/C21H22NO2.HI/c1-5-20-21(15(3)23)19-9-7-6-8-18(19)14(2)22(20)16-10-12-17(24-4)13-11-16;/h6-13H,5H2,1-4H3;1H/q+1;/p-1. The minimum atomic E-state index is 0. The number of methoxy groups -OCH3 is 1.